The molecular formula is C12H15N5O5. The summed E-state index contributed by atoms with van der Waals surface area (Å²) in [7, 11) is 0. The first-order valence-corrected chi connectivity index (χ1v) is 6.69. The first kappa shape index (κ1) is 14.5. The first-order chi connectivity index (χ1) is 10.5. The lowest BCUT2D eigenvalue weighted by atomic mass is 10.2. The third-order valence-corrected chi connectivity index (χ3v) is 3.40. The summed E-state index contributed by atoms with van der Waals surface area (Å²) in [5, 5.41) is 9.75. The zero-order valence-electron chi connectivity index (χ0n) is 11.7. The molecule has 0 aromatic carbocycles. The molecule has 10 nitrogen and oxygen atoms in total. The highest BCUT2D eigenvalue weighted by Crippen LogP contribution is 2.31. The van der Waals surface area contributed by atoms with Crippen LogP contribution in [0.25, 0.3) is 11.2 Å². The van der Waals surface area contributed by atoms with Crippen molar-refractivity contribution in [1.82, 2.24) is 19.5 Å². The lowest BCUT2D eigenvalue weighted by molar-refractivity contribution is -0.192. The fourth-order valence-corrected chi connectivity index (χ4v) is 2.46. The Hall–Kier alpha value is -2.46. The molecule has 1 unspecified atom stereocenters. The largest absolute Gasteiger partial charge is 0.433 e. The van der Waals surface area contributed by atoms with Crippen LogP contribution < -0.4 is 11.3 Å². The molecule has 0 radical (unpaired) electrons. The standard InChI is InChI=1S/C12H15N5O5/c1-5(18)21-11(20)6-2-3-7(22-6)17-4-14-8-9(17)15-12(13)16-10(8)19/h4,6-7,11,20H,2-3H2,1H3,(H3,13,15,16,19)/t6-,7+,11?/m0/s1. The van der Waals surface area contributed by atoms with E-state index in [1.54, 1.807) is 4.57 Å². The number of esters is 1. The number of hydrogen-bond donors (Lipinski definition) is 3. The van der Waals surface area contributed by atoms with Crippen molar-refractivity contribution >= 4 is 23.1 Å². The number of fused-ring (bicyclic) bond motifs is 1. The average molecular weight is 309 g/mol. The Morgan fingerprint density at radius 1 is 1.64 bits per heavy atom. The second-order valence-corrected chi connectivity index (χ2v) is 4.98. The van der Waals surface area contributed by atoms with E-state index in [0.29, 0.717) is 18.5 Å². The summed E-state index contributed by atoms with van der Waals surface area (Å²) >= 11 is 0. The van der Waals surface area contributed by atoms with E-state index >= 15 is 0 Å². The predicted octanol–water partition coefficient (Wildman–Crippen LogP) is -0.739. The number of carbonyl (C=O) groups is 1. The minimum absolute atomic E-state index is 0.0197. The maximum atomic E-state index is 11.7. The number of aromatic nitrogens is 4. The number of anilines is 1. The monoisotopic (exact) mass is 309 g/mol. The Labute approximate surface area is 123 Å². The molecule has 22 heavy (non-hydrogen) atoms. The molecule has 1 saturated heterocycles. The van der Waals surface area contributed by atoms with Gasteiger partial charge in [-0.2, -0.15) is 4.98 Å². The molecule has 2 aromatic rings. The Bertz CT molecular complexity index is 769. The van der Waals surface area contributed by atoms with Crippen LogP contribution in [0.4, 0.5) is 5.95 Å². The SMILES string of the molecule is CC(=O)OC(O)[C@@H]1CC[C@H](n2cnc3c(=O)[nH]c(N)nc32)O1. The van der Waals surface area contributed by atoms with Crippen molar-refractivity contribution in [2.75, 3.05) is 5.73 Å². The Balaban J connectivity index is 1.84. The number of H-pyrrole nitrogens is 1. The number of aliphatic hydroxyl groups is 1. The summed E-state index contributed by atoms with van der Waals surface area (Å²) in [6, 6.07) is 0. The van der Waals surface area contributed by atoms with Crippen molar-refractivity contribution in [3.8, 4) is 0 Å². The van der Waals surface area contributed by atoms with Gasteiger partial charge in [0.15, 0.2) is 11.2 Å². The smallest absolute Gasteiger partial charge is 0.305 e. The first-order valence-electron chi connectivity index (χ1n) is 6.69. The van der Waals surface area contributed by atoms with E-state index in [1.807, 2.05) is 0 Å². The molecule has 0 bridgehead atoms. The summed E-state index contributed by atoms with van der Waals surface area (Å²) in [5.74, 6) is -0.609. The van der Waals surface area contributed by atoms with Gasteiger partial charge in [0.25, 0.3) is 5.56 Å². The Kier molecular flexibility index (Phi) is 3.54. The van der Waals surface area contributed by atoms with Crippen LogP contribution in [0.2, 0.25) is 0 Å². The fourth-order valence-electron chi connectivity index (χ4n) is 2.46. The molecule has 4 N–H and O–H groups in total. The molecule has 3 heterocycles. The van der Waals surface area contributed by atoms with Crippen LogP contribution in [-0.2, 0) is 14.3 Å². The number of imidazole rings is 1. The van der Waals surface area contributed by atoms with Gasteiger partial charge in [-0.05, 0) is 12.8 Å². The summed E-state index contributed by atoms with van der Waals surface area (Å²) in [6.45, 7) is 1.21. The van der Waals surface area contributed by atoms with Gasteiger partial charge in [0.2, 0.25) is 12.2 Å². The van der Waals surface area contributed by atoms with E-state index in [-0.39, 0.29) is 11.5 Å². The molecule has 1 aliphatic rings. The van der Waals surface area contributed by atoms with E-state index in [9.17, 15) is 14.7 Å². The van der Waals surface area contributed by atoms with Gasteiger partial charge in [0, 0.05) is 6.92 Å². The van der Waals surface area contributed by atoms with Crippen molar-refractivity contribution in [2.45, 2.75) is 38.4 Å². The van der Waals surface area contributed by atoms with Gasteiger partial charge in [0.05, 0.1) is 6.33 Å². The zero-order valence-corrected chi connectivity index (χ0v) is 11.7. The molecule has 2 aromatic heterocycles. The number of nitrogens with two attached hydrogens (primary N) is 1. The number of nitrogen functional groups attached to an aromatic ring is 1. The molecule has 0 aliphatic carbocycles. The third kappa shape index (κ3) is 2.53. The van der Waals surface area contributed by atoms with Crippen molar-refractivity contribution < 1.29 is 19.4 Å². The molecule has 0 amide bonds. The number of hydrogen-bond acceptors (Lipinski definition) is 8. The van der Waals surface area contributed by atoms with Crippen LogP contribution in [0.5, 0.6) is 0 Å². The maximum Gasteiger partial charge on any atom is 0.305 e. The van der Waals surface area contributed by atoms with Gasteiger partial charge >= 0.3 is 5.97 Å². The predicted molar refractivity (Wildman–Crippen MR) is 73.5 cm³/mol. The van der Waals surface area contributed by atoms with Gasteiger partial charge in [-0.3, -0.25) is 19.1 Å². The number of rotatable bonds is 3. The number of nitrogens with one attached hydrogen (secondary N) is 1. The highest BCUT2D eigenvalue weighted by Gasteiger charge is 2.34. The van der Waals surface area contributed by atoms with Gasteiger partial charge in [-0.15, -0.1) is 0 Å². The minimum atomic E-state index is -1.33. The second kappa shape index (κ2) is 5.39. The molecule has 0 spiro atoms. The highest BCUT2D eigenvalue weighted by atomic mass is 16.7. The van der Waals surface area contributed by atoms with Crippen LogP contribution in [0.15, 0.2) is 11.1 Å². The highest BCUT2D eigenvalue weighted by molar-refractivity contribution is 5.70. The Morgan fingerprint density at radius 3 is 3.14 bits per heavy atom. The zero-order chi connectivity index (χ0) is 15.9. The second-order valence-electron chi connectivity index (χ2n) is 4.98. The van der Waals surface area contributed by atoms with Gasteiger partial charge < -0.3 is 20.3 Å². The van der Waals surface area contributed by atoms with Gasteiger partial charge in [0.1, 0.15) is 12.3 Å². The molecule has 0 saturated carbocycles. The number of aliphatic hydroxyl groups excluding tert-OH is 1. The normalized spacial score (nSPS) is 22.8. The topological polar surface area (TPSA) is 145 Å². The van der Waals surface area contributed by atoms with Crippen molar-refractivity contribution in [3.05, 3.63) is 16.7 Å². The lowest BCUT2D eigenvalue weighted by Gasteiger charge is -2.19. The van der Waals surface area contributed by atoms with Crippen LogP contribution in [0.3, 0.4) is 0 Å². The lowest BCUT2D eigenvalue weighted by Crippen LogP contribution is -2.30. The minimum Gasteiger partial charge on any atom is -0.433 e. The van der Waals surface area contributed by atoms with E-state index in [1.165, 1.54) is 13.3 Å². The third-order valence-electron chi connectivity index (χ3n) is 3.40. The molecule has 10 heteroatoms. The molecule has 3 rings (SSSR count). The van der Waals surface area contributed by atoms with E-state index in [0.717, 1.165) is 0 Å². The Morgan fingerprint density at radius 2 is 2.41 bits per heavy atom. The number of aromatic amines is 1. The van der Waals surface area contributed by atoms with Crippen LogP contribution in [0, 0.1) is 0 Å². The van der Waals surface area contributed by atoms with E-state index in [2.05, 4.69) is 15.0 Å². The van der Waals surface area contributed by atoms with Crippen molar-refractivity contribution in [1.29, 1.82) is 0 Å². The van der Waals surface area contributed by atoms with Gasteiger partial charge in [-0.1, -0.05) is 0 Å². The molecule has 1 fully saturated rings. The summed E-state index contributed by atoms with van der Waals surface area (Å²) in [6.07, 6.45) is -0.00364. The fraction of sp³-hybridized carbons (Fsp3) is 0.500. The van der Waals surface area contributed by atoms with Crippen LogP contribution >= 0.6 is 0 Å². The van der Waals surface area contributed by atoms with Gasteiger partial charge in [-0.25, -0.2) is 4.98 Å². The summed E-state index contributed by atoms with van der Waals surface area (Å²) in [4.78, 5) is 33.0. The van der Waals surface area contributed by atoms with Crippen LogP contribution in [0.1, 0.15) is 26.0 Å². The average Bonchev–Trinajstić information content (AvgIpc) is 3.03. The summed E-state index contributed by atoms with van der Waals surface area (Å²) < 4.78 is 11.9. The molecule has 3 atom stereocenters. The van der Waals surface area contributed by atoms with Crippen molar-refractivity contribution in [2.24, 2.45) is 0 Å². The molecule has 118 valence electrons. The summed E-state index contributed by atoms with van der Waals surface area (Å²) in [5.41, 5.74) is 5.56. The maximum absolute atomic E-state index is 11.7. The van der Waals surface area contributed by atoms with E-state index < -0.39 is 30.2 Å². The number of carbonyl (C=O) groups excluding carboxylic acids is 1. The van der Waals surface area contributed by atoms with E-state index in [4.69, 9.17) is 15.2 Å². The molecular weight excluding hydrogens is 294 g/mol. The van der Waals surface area contributed by atoms with Crippen molar-refractivity contribution in [3.63, 3.8) is 0 Å². The number of nitrogens with zero attached hydrogens (tertiary/aromatic N) is 3. The number of ether oxygens (including phenoxy) is 2. The quantitative estimate of drug-likeness (QED) is 0.496. The molecule has 1 aliphatic heterocycles. The van der Waals surface area contributed by atoms with Crippen LogP contribution in [-0.4, -0.2) is 43.0 Å².